The predicted octanol–water partition coefficient (Wildman–Crippen LogP) is 5.93. The largest absolute Gasteiger partial charge is 0.493 e. The molecule has 2 amide bonds. The molecule has 0 aromatic heterocycles. The van der Waals surface area contributed by atoms with Crippen LogP contribution in [0.1, 0.15) is 52.8 Å². The highest BCUT2D eigenvalue weighted by Gasteiger charge is 2.37. The molecule has 2 heterocycles. The van der Waals surface area contributed by atoms with Gasteiger partial charge in [0.25, 0.3) is 11.8 Å². The molecule has 0 bridgehead atoms. The summed E-state index contributed by atoms with van der Waals surface area (Å²) in [5.74, 6) is 1.46. The Bertz CT molecular complexity index is 1250. The van der Waals surface area contributed by atoms with Crippen molar-refractivity contribution in [1.29, 1.82) is 0 Å². The van der Waals surface area contributed by atoms with E-state index in [0.717, 1.165) is 26.1 Å². The van der Waals surface area contributed by atoms with Gasteiger partial charge in [0.1, 0.15) is 11.5 Å². The van der Waals surface area contributed by atoms with Gasteiger partial charge < -0.3 is 19.1 Å². The van der Waals surface area contributed by atoms with E-state index in [1.54, 1.807) is 43.5 Å². The van der Waals surface area contributed by atoms with Crippen molar-refractivity contribution >= 4 is 17.5 Å². The number of rotatable bonds is 9. The molecule has 1 fully saturated rings. The highest BCUT2D eigenvalue weighted by molar-refractivity contribution is 6.34. The lowest BCUT2D eigenvalue weighted by Crippen LogP contribution is -2.29. The van der Waals surface area contributed by atoms with Crippen LogP contribution < -0.4 is 19.1 Å². The summed E-state index contributed by atoms with van der Waals surface area (Å²) in [7, 11) is 1.55. The topological polar surface area (TPSA) is 68.3 Å². The first kappa shape index (κ1) is 24.8. The van der Waals surface area contributed by atoms with Crippen molar-refractivity contribution in [3.8, 4) is 23.0 Å². The van der Waals surface area contributed by atoms with Crippen LogP contribution in [0, 0.1) is 0 Å². The number of carbonyl (C=O) groups excluding carboxylic acids is 2. The molecule has 3 aromatic rings. The predicted molar refractivity (Wildman–Crippen MR) is 142 cm³/mol. The Morgan fingerprint density at radius 2 is 1.51 bits per heavy atom. The van der Waals surface area contributed by atoms with Crippen LogP contribution in [0.4, 0.5) is 5.69 Å². The number of para-hydroxylation sites is 1. The number of carbonyl (C=O) groups is 2. The Morgan fingerprint density at radius 1 is 0.757 bits per heavy atom. The Balaban J connectivity index is 1.25. The van der Waals surface area contributed by atoms with Crippen molar-refractivity contribution in [2.75, 3.05) is 38.3 Å². The molecule has 192 valence electrons. The third-order valence-electron chi connectivity index (χ3n) is 6.82. The first-order chi connectivity index (χ1) is 18.1. The van der Waals surface area contributed by atoms with Crippen molar-refractivity contribution in [2.24, 2.45) is 0 Å². The van der Waals surface area contributed by atoms with Crippen LogP contribution in [0.5, 0.6) is 23.0 Å². The number of anilines is 1. The maximum atomic E-state index is 13.3. The van der Waals surface area contributed by atoms with Crippen LogP contribution in [0.3, 0.4) is 0 Å². The summed E-state index contributed by atoms with van der Waals surface area (Å²) < 4.78 is 17.4. The Morgan fingerprint density at radius 3 is 2.27 bits per heavy atom. The molecule has 0 saturated carbocycles. The number of methoxy groups -OCH3 is 1. The van der Waals surface area contributed by atoms with Crippen LogP contribution in [0.15, 0.2) is 66.7 Å². The molecule has 5 rings (SSSR count). The van der Waals surface area contributed by atoms with Gasteiger partial charge in [-0.1, -0.05) is 31.0 Å². The number of hydrogen-bond donors (Lipinski definition) is 0. The zero-order valence-corrected chi connectivity index (χ0v) is 21.2. The molecular weight excluding hydrogens is 468 g/mol. The summed E-state index contributed by atoms with van der Waals surface area (Å²) in [6.07, 6.45) is 6.12. The SMILES string of the molecule is COc1cc(N2C(=O)c3ccc(Oc4ccccc4)cc3C2=O)ccc1OCCCN1CCCCCC1. The third kappa shape index (κ3) is 5.62. The normalized spacial score (nSPS) is 15.9. The van der Waals surface area contributed by atoms with Crippen LogP contribution in [0.2, 0.25) is 0 Å². The number of ether oxygens (including phenoxy) is 3. The second-order valence-electron chi connectivity index (χ2n) is 9.36. The number of imide groups is 1. The van der Waals surface area contributed by atoms with Gasteiger partial charge in [-0.05, 0) is 74.8 Å². The molecule has 2 aliphatic heterocycles. The molecule has 1 saturated heterocycles. The van der Waals surface area contributed by atoms with E-state index in [0.29, 0.717) is 46.4 Å². The van der Waals surface area contributed by atoms with Gasteiger partial charge in [-0.25, -0.2) is 4.90 Å². The fourth-order valence-electron chi connectivity index (χ4n) is 4.89. The van der Waals surface area contributed by atoms with E-state index in [4.69, 9.17) is 14.2 Å². The van der Waals surface area contributed by atoms with E-state index in [9.17, 15) is 9.59 Å². The molecule has 37 heavy (non-hydrogen) atoms. The minimum atomic E-state index is -0.397. The quantitative estimate of drug-likeness (QED) is 0.268. The average molecular weight is 501 g/mol. The van der Waals surface area contributed by atoms with Crippen LogP contribution in [-0.2, 0) is 0 Å². The molecule has 0 aliphatic carbocycles. The van der Waals surface area contributed by atoms with E-state index in [-0.39, 0.29) is 5.91 Å². The number of hydrogen-bond acceptors (Lipinski definition) is 6. The van der Waals surface area contributed by atoms with Gasteiger partial charge in [0, 0.05) is 12.6 Å². The average Bonchev–Trinajstić information content (AvgIpc) is 3.08. The van der Waals surface area contributed by atoms with Gasteiger partial charge in [-0.2, -0.15) is 0 Å². The molecule has 7 heteroatoms. The minimum absolute atomic E-state index is 0.311. The molecule has 7 nitrogen and oxygen atoms in total. The summed E-state index contributed by atoms with van der Waals surface area (Å²) in [5, 5.41) is 0. The Hall–Kier alpha value is -3.84. The van der Waals surface area contributed by atoms with E-state index in [2.05, 4.69) is 4.90 Å². The summed E-state index contributed by atoms with van der Waals surface area (Å²) in [5.41, 5.74) is 1.09. The van der Waals surface area contributed by atoms with Gasteiger partial charge in [0.05, 0.1) is 30.5 Å². The molecule has 3 aromatic carbocycles. The second-order valence-corrected chi connectivity index (χ2v) is 9.36. The molecule has 0 atom stereocenters. The van der Waals surface area contributed by atoms with Gasteiger partial charge in [-0.15, -0.1) is 0 Å². The summed E-state index contributed by atoms with van der Waals surface area (Å²) in [4.78, 5) is 30.1. The maximum absolute atomic E-state index is 13.3. The molecule has 0 N–H and O–H groups in total. The number of nitrogens with zero attached hydrogens (tertiary/aromatic N) is 2. The highest BCUT2D eigenvalue weighted by Crippen LogP contribution is 2.37. The number of likely N-dealkylation sites (tertiary alicyclic amines) is 1. The van der Waals surface area contributed by atoms with Crippen molar-refractivity contribution in [3.05, 3.63) is 77.9 Å². The number of benzene rings is 3. The lowest BCUT2D eigenvalue weighted by molar-refractivity contribution is 0.0926. The zero-order chi connectivity index (χ0) is 25.6. The van der Waals surface area contributed by atoms with Crippen molar-refractivity contribution in [1.82, 2.24) is 4.90 Å². The van der Waals surface area contributed by atoms with Gasteiger partial charge >= 0.3 is 0 Å². The molecule has 0 spiro atoms. The molecule has 0 unspecified atom stereocenters. The van der Waals surface area contributed by atoms with Crippen LogP contribution in [-0.4, -0.2) is 50.1 Å². The van der Waals surface area contributed by atoms with Crippen molar-refractivity contribution in [3.63, 3.8) is 0 Å². The standard InChI is InChI=1S/C30H32N2O5/c1-35-28-20-22(12-15-27(28)36-19-9-18-31-16-7-2-3-8-17-31)32-29(33)25-14-13-24(21-26(25)30(32)34)37-23-10-5-4-6-11-23/h4-6,10-15,20-21H,2-3,7-9,16-19H2,1H3. The van der Waals surface area contributed by atoms with E-state index in [1.165, 1.54) is 30.6 Å². The number of amides is 2. The second kappa shape index (κ2) is 11.5. The van der Waals surface area contributed by atoms with Crippen molar-refractivity contribution in [2.45, 2.75) is 32.1 Å². The van der Waals surface area contributed by atoms with E-state index in [1.807, 2.05) is 30.3 Å². The summed E-state index contributed by atoms with van der Waals surface area (Å²) in [6, 6.07) is 19.4. The monoisotopic (exact) mass is 500 g/mol. The number of fused-ring (bicyclic) bond motifs is 1. The van der Waals surface area contributed by atoms with Crippen LogP contribution >= 0.6 is 0 Å². The van der Waals surface area contributed by atoms with E-state index >= 15 is 0 Å². The molecular formula is C30H32N2O5. The Labute approximate surface area is 217 Å². The van der Waals surface area contributed by atoms with Gasteiger partial charge in [0.15, 0.2) is 11.5 Å². The first-order valence-electron chi connectivity index (χ1n) is 12.9. The van der Waals surface area contributed by atoms with Gasteiger partial charge in [0.2, 0.25) is 0 Å². The smallest absolute Gasteiger partial charge is 0.266 e. The fraction of sp³-hybridized carbons (Fsp3) is 0.333. The first-order valence-corrected chi connectivity index (χ1v) is 12.9. The lowest BCUT2D eigenvalue weighted by atomic mass is 10.1. The van der Waals surface area contributed by atoms with Gasteiger partial charge in [-0.3, -0.25) is 9.59 Å². The Kier molecular flexibility index (Phi) is 7.70. The maximum Gasteiger partial charge on any atom is 0.266 e. The highest BCUT2D eigenvalue weighted by atomic mass is 16.5. The minimum Gasteiger partial charge on any atom is -0.493 e. The van der Waals surface area contributed by atoms with Crippen molar-refractivity contribution < 1.29 is 23.8 Å². The lowest BCUT2D eigenvalue weighted by Gasteiger charge is -2.20. The van der Waals surface area contributed by atoms with Crippen LogP contribution in [0.25, 0.3) is 0 Å². The summed E-state index contributed by atoms with van der Waals surface area (Å²) in [6.45, 7) is 3.92. The third-order valence-corrected chi connectivity index (χ3v) is 6.82. The summed E-state index contributed by atoms with van der Waals surface area (Å²) >= 11 is 0. The zero-order valence-electron chi connectivity index (χ0n) is 21.2. The molecule has 0 radical (unpaired) electrons. The fourth-order valence-corrected chi connectivity index (χ4v) is 4.89. The van der Waals surface area contributed by atoms with E-state index < -0.39 is 5.91 Å². The molecule has 2 aliphatic rings.